The fourth-order valence-electron chi connectivity index (χ4n) is 2.88. The monoisotopic (exact) mass is 295 g/mol. The van der Waals surface area contributed by atoms with E-state index in [9.17, 15) is 4.79 Å². The van der Waals surface area contributed by atoms with Gasteiger partial charge in [0.2, 0.25) is 5.91 Å². The second-order valence-corrected chi connectivity index (χ2v) is 6.21. The molecule has 20 heavy (non-hydrogen) atoms. The van der Waals surface area contributed by atoms with Gasteiger partial charge in [-0.1, -0.05) is 0 Å². The lowest BCUT2D eigenvalue weighted by atomic mass is 10.1. The third-order valence-electron chi connectivity index (χ3n) is 4.05. The SMILES string of the molecule is O=C([C@@H]1CCOC1)N1CCCN(Cc2cscn2)CC1. The predicted molar refractivity (Wildman–Crippen MR) is 77.5 cm³/mol. The molecule has 0 bridgehead atoms. The molecule has 2 aliphatic rings. The highest BCUT2D eigenvalue weighted by molar-refractivity contribution is 7.07. The van der Waals surface area contributed by atoms with Crippen LogP contribution in [0.2, 0.25) is 0 Å². The summed E-state index contributed by atoms with van der Waals surface area (Å²) in [7, 11) is 0. The Morgan fingerprint density at radius 1 is 1.40 bits per heavy atom. The van der Waals surface area contributed by atoms with Crippen LogP contribution in [0.4, 0.5) is 0 Å². The lowest BCUT2D eigenvalue weighted by molar-refractivity contribution is -0.135. The molecular formula is C14H21N3O2S. The average Bonchev–Trinajstić information content (AvgIpc) is 3.10. The van der Waals surface area contributed by atoms with E-state index >= 15 is 0 Å². The Hall–Kier alpha value is -0.980. The van der Waals surface area contributed by atoms with E-state index in [1.165, 1.54) is 0 Å². The summed E-state index contributed by atoms with van der Waals surface area (Å²) in [5.41, 5.74) is 3.02. The molecule has 0 aliphatic carbocycles. The molecule has 3 heterocycles. The van der Waals surface area contributed by atoms with Gasteiger partial charge in [-0.2, -0.15) is 0 Å². The van der Waals surface area contributed by atoms with E-state index in [2.05, 4.69) is 15.3 Å². The lowest BCUT2D eigenvalue weighted by Crippen LogP contribution is -2.39. The van der Waals surface area contributed by atoms with Crippen molar-refractivity contribution in [2.45, 2.75) is 19.4 Å². The van der Waals surface area contributed by atoms with Crippen LogP contribution in [0.5, 0.6) is 0 Å². The molecule has 2 saturated heterocycles. The van der Waals surface area contributed by atoms with Crippen molar-refractivity contribution in [2.24, 2.45) is 5.92 Å². The minimum atomic E-state index is 0.0973. The average molecular weight is 295 g/mol. The molecule has 1 atom stereocenters. The fourth-order valence-corrected chi connectivity index (χ4v) is 3.43. The van der Waals surface area contributed by atoms with Crippen LogP contribution >= 0.6 is 11.3 Å². The molecule has 1 amide bonds. The maximum atomic E-state index is 12.4. The quantitative estimate of drug-likeness (QED) is 0.841. The summed E-state index contributed by atoms with van der Waals surface area (Å²) in [6.07, 6.45) is 1.93. The minimum Gasteiger partial charge on any atom is -0.381 e. The second-order valence-electron chi connectivity index (χ2n) is 5.50. The predicted octanol–water partition coefficient (Wildman–Crippen LogP) is 1.21. The highest BCUT2D eigenvalue weighted by Crippen LogP contribution is 2.17. The largest absolute Gasteiger partial charge is 0.381 e. The number of hydrogen-bond acceptors (Lipinski definition) is 5. The van der Waals surface area contributed by atoms with Crippen LogP contribution < -0.4 is 0 Å². The van der Waals surface area contributed by atoms with Gasteiger partial charge in [0.1, 0.15) is 0 Å². The van der Waals surface area contributed by atoms with Crippen LogP contribution in [0.1, 0.15) is 18.5 Å². The summed E-state index contributed by atoms with van der Waals surface area (Å²) >= 11 is 1.64. The van der Waals surface area contributed by atoms with Crippen molar-refractivity contribution in [3.63, 3.8) is 0 Å². The molecule has 1 aromatic heterocycles. The number of rotatable bonds is 3. The van der Waals surface area contributed by atoms with Crippen molar-refractivity contribution in [3.8, 4) is 0 Å². The van der Waals surface area contributed by atoms with Crippen molar-refractivity contribution < 1.29 is 9.53 Å². The fraction of sp³-hybridized carbons (Fsp3) is 0.714. The van der Waals surface area contributed by atoms with Gasteiger partial charge in [-0.15, -0.1) is 11.3 Å². The van der Waals surface area contributed by atoms with Crippen LogP contribution in [0.3, 0.4) is 0 Å². The molecule has 0 saturated carbocycles. The summed E-state index contributed by atoms with van der Waals surface area (Å²) < 4.78 is 5.33. The van der Waals surface area contributed by atoms with Gasteiger partial charge < -0.3 is 9.64 Å². The molecule has 1 aromatic rings. The molecule has 2 fully saturated rings. The number of carbonyl (C=O) groups excluding carboxylic acids is 1. The Balaban J connectivity index is 1.52. The molecule has 110 valence electrons. The Morgan fingerprint density at radius 3 is 3.10 bits per heavy atom. The smallest absolute Gasteiger partial charge is 0.228 e. The maximum Gasteiger partial charge on any atom is 0.228 e. The first-order valence-corrected chi connectivity index (χ1v) is 8.23. The van der Waals surface area contributed by atoms with Crippen LogP contribution in [-0.4, -0.2) is 60.1 Å². The van der Waals surface area contributed by atoms with Crippen LogP contribution in [0.25, 0.3) is 0 Å². The zero-order valence-electron chi connectivity index (χ0n) is 11.7. The molecule has 0 radical (unpaired) electrons. The van der Waals surface area contributed by atoms with Crippen molar-refractivity contribution >= 4 is 17.2 Å². The number of carbonyl (C=O) groups is 1. The molecule has 0 spiro atoms. The van der Waals surface area contributed by atoms with Crippen LogP contribution in [0, 0.1) is 5.92 Å². The third-order valence-corrected chi connectivity index (χ3v) is 4.68. The van der Waals surface area contributed by atoms with Crippen LogP contribution in [-0.2, 0) is 16.1 Å². The zero-order valence-corrected chi connectivity index (χ0v) is 12.5. The van der Waals surface area contributed by atoms with E-state index in [0.717, 1.165) is 57.9 Å². The number of nitrogens with zero attached hydrogens (tertiary/aromatic N) is 3. The summed E-state index contributed by atoms with van der Waals surface area (Å²) in [6.45, 7) is 5.94. The Morgan fingerprint density at radius 2 is 2.35 bits per heavy atom. The van der Waals surface area contributed by atoms with Gasteiger partial charge in [0.05, 0.1) is 23.7 Å². The van der Waals surface area contributed by atoms with Gasteiger partial charge in [-0.3, -0.25) is 9.69 Å². The summed E-state index contributed by atoms with van der Waals surface area (Å²) in [6, 6.07) is 0. The first-order valence-electron chi connectivity index (χ1n) is 7.29. The first-order chi connectivity index (χ1) is 9.83. The molecule has 0 unspecified atom stereocenters. The summed E-state index contributed by atoms with van der Waals surface area (Å²) in [5, 5.41) is 2.10. The van der Waals surface area contributed by atoms with Gasteiger partial charge in [0, 0.05) is 44.7 Å². The standard InChI is InChI=1S/C14H21N3O2S/c18-14(12-2-7-19-9-12)17-4-1-3-16(5-6-17)8-13-10-20-11-15-13/h10-12H,1-9H2/t12-/m1/s1. The molecule has 5 nitrogen and oxygen atoms in total. The molecule has 0 N–H and O–H groups in total. The Labute approximate surface area is 123 Å². The Kier molecular flexibility index (Phi) is 4.65. The number of amides is 1. The minimum absolute atomic E-state index is 0.0973. The van der Waals surface area contributed by atoms with E-state index in [1.54, 1.807) is 11.3 Å². The second kappa shape index (κ2) is 6.65. The van der Waals surface area contributed by atoms with Crippen LogP contribution in [0.15, 0.2) is 10.9 Å². The van der Waals surface area contributed by atoms with Gasteiger partial charge in [0.25, 0.3) is 0 Å². The van der Waals surface area contributed by atoms with Gasteiger partial charge in [-0.05, 0) is 12.8 Å². The van der Waals surface area contributed by atoms with Crippen molar-refractivity contribution in [3.05, 3.63) is 16.6 Å². The first kappa shape index (κ1) is 14.0. The Bertz CT molecular complexity index is 432. The maximum absolute atomic E-state index is 12.4. The van der Waals surface area contributed by atoms with E-state index in [1.807, 2.05) is 10.4 Å². The van der Waals surface area contributed by atoms with E-state index in [0.29, 0.717) is 6.61 Å². The zero-order chi connectivity index (χ0) is 13.8. The van der Waals surface area contributed by atoms with Crippen molar-refractivity contribution in [2.75, 3.05) is 39.4 Å². The van der Waals surface area contributed by atoms with Gasteiger partial charge in [-0.25, -0.2) is 4.98 Å². The van der Waals surface area contributed by atoms with Crippen molar-refractivity contribution in [1.82, 2.24) is 14.8 Å². The van der Waals surface area contributed by atoms with E-state index < -0.39 is 0 Å². The number of ether oxygens (including phenoxy) is 1. The lowest BCUT2D eigenvalue weighted by Gasteiger charge is -2.23. The highest BCUT2D eigenvalue weighted by Gasteiger charge is 2.29. The van der Waals surface area contributed by atoms with E-state index in [-0.39, 0.29) is 11.8 Å². The summed E-state index contributed by atoms with van der Waals surface area (Å²) in [5.74, 6) is 0.387. The molecule has 2 aliphatic heterocycles. The topological polar surface area (TPSA) is 45.7 Å². The number of hydrogen-bond donors (Lipinski definition) is 0. The molecule has 6 heteroatoms. The molecule has 0 aromatic carbocycles. The number of thiazole rings is 1. The summed E-state index contributed by atoms with van der Waals surface area (Å²) in [4.78, 5) is 21.2. The molecule has 3 rings (SSSR count). The van der Waals surface area contributed by atoms with E-state index in [4.69, 9.17) is 4.74 Å². The number of aromatic nitrogens is 1. The third kappa shape index (κ3) is 3.37. The normalized spacial score (nSPS) is 24.8. The van der Waals surface area contributed by atoms with Crippen molar-refractivity contribution in [1.29, 1.82) is 0 Å². The van der Waals surface area contributed by atoms with Gasteiger partial charge in [0.15, 0.2) is 0 Å². The highest BCUT2D eigenvalue weighted by atomic mass is 32.1. The van der Waals surface area contributed by atoms with Gasteiger partial charge >= 0.3 is 0 Å². The molecular weight excluding hydrogens is 274 g/mol.